The molecule has 0 fully saturated rings. The van der Waals surface area contributed by atoms with Crippen LogP contribution < -0.4 is 5.32 Å². The molecule has 0 spiro atoms. The van der Waals surface area contributed by atoms with Crippen LogP contribution in [0.15, 0.2) is 54.6 Å². The molecule has 2 nitrogen and oxygen atoms in total. The van der Waals surface area contributed by atoms with Crippen molar-refractivity contribution in [3.63, 3.8) is 0 Å². The lowest BCUT2D eigenvalue weighted by molar-refractivity contribution is -0.120. The van der Waals surface area contributed by atoms with Gasteiger partial charge in [0.25, 0.3) is 0 Å². The van der Waals surface area contributed by atoms with Crippen LogP contribution >= 0.6 is 0 Å². The third kappa shape index (κ3) is 4.54. The van der Waals surface area contributed by atoms with Crippen LogP contribution in [0, 0.1) is 0 Å². The Hall–Kier alpha value is -1.93. The quantitative estimate of drug-likeness (QED) is 0.827. The summed E-state index contributed by atoms with van der Waals surface area (Å²) in [5.41, 5.74) is 3.62. The first kappa shape index (κ1) is 16.4. The number of Topliss-reactive ketones (excluding diaryl/α,β-unsaturated/α-hetero) is 1. The number of hydrogen-bond acceptors (Lipinski definition) is 2. The van der Waals surface area contributed by atoms with Crippen LogP contribution in [0.1, 0.15) is 32.8 Å². The first-order valence-corrected chi connectivity index (χ1v) is 8.03. The van der Waals surface area contributed by atoms with Gasteiger partial charge in [-0.1, -0.05) is 75.4 Å². The summed E-state index contributed by atoms with van der Waals surface area (Å²) < 4.78 is 0. The average molecular weight is 295 g/mol. The van der Waals surface area contributed by atoms with E-state index in [9.17, 15) is 4.79 Å². The fourth-order valence-corrected chi connectivity index (χ4v) is 2.61. The van der Waals surface area contributed by atoms with E-state index in [2.05, 4.69) is 55.6 Å². The van der Waals surface area contributed by atoms with Crippen molar-refractivity contribution in [2.75, 3.05) is 0 Å². The zero-order chi connectivity index (χ0) is 15.9. The van der Waals surface area contributed by atoms with Gasteiger partial charge in [-0.05, 0) is 23.1 Å². The molecule has 0 aliphatic heterocycles. The Labute approximate surface area is 133 Å². The fraction of sp³-hybridized carbons (Fsp3) is 0.350. The van der Waals surface area contributed by atoms with Gasteiger partial charge in [0.15, 0.2) is 0 Å². The highest BCUT2D eigenvalue weighted by Gasteiger charge is 2.17. The second-order valence-electron chi connectivity index (χ2n) is 5.96. The van der Waals surface area contributed by atoms with Gasteiger partial charge < -0.3 is 5.32 Å². The van der Waals surface area contributed by atoms with Crippen molar-refractivity contribution in [3.05, 3.63) is 60.2 Å². The maximum absolute atomic E-state index is 12.1. The molecule has 0 radical (unpaired) electrons. The molecular weight excluding hydrogens is 270 g/mol. The van der Waals surface area contributed by atoms with Crippen LogP contribution in [0.2, 0.25) is 0 Å². The standard InChI is InChI=1S/C20H25NO/c1-4-20(22)19(21-15(2)3)14-16-10-12-18(13-11-16)17-8-6-5-7-9-17/h5-13,15,19,21H,4,14H2,1-3H3. The summed E-state index contributed by atoms with van der Waals surface area (Å²) in [6.07, 6.45) is 1.33. The van der Waals surface area contributed by atoms with E-state index in [1.807, 2.05) is 25.1 Å². The van der Waals surface area contributed by atoms with E-state index in [0.717, 1.165) is 6.42 Å². The second-order valence-corrected chi connectivity index (χ2v) is 5.96. The Kier molecular flexibility index (Phi) is 5.91. The van der Waals surface area contributed by atoms with Crippen LogP contribution in [0.5, 0.6) is 0 Å². The molecule has 1 atom stereocenters. The lowest BCUT2D eigenvalue weighted by Gasteiger charge is -2.20. The second kappa shape index (κ2) is 7.90. The van der Waals surface area contributed by atoms with Crippen LogP contribution in [0.3, 0.4) is 0 Å². The van der Waals surface area contributed by atoms with Gasteiger partial charge >= 0.3 is 0 Å². The van der Waals surface area contributed by atoms with Crippen molar-refractivity contribution in [2.24, 2.45) is 0 Å². The highest BCUT2D eigenvalue weighted by atomic mass is 16.1. The van der Waals surface area contributed by atoms with E-state index in [1.54, 1.807) is 0 Å². The van der Waals surface area contributed by atoms with Gasteiger partial charge in [0.1, 0.15) is 5.78 Å². The van der Waals surface area contributed by atoms with Crippen molar-refractivity contribution >= 4 is 5.78 Å². The molecule has 1 N–H and O–H groups in total. The number of ketones is 1. The summed E-state index contributed by atoms with van der Waals surface area (Å²) in [5, 5.41) is 3.38. The highest BCUT2D eigenvalue weighted by Crippen LogP contribution is 2.20. The molecule has 116 valence electrons. The molecule has 22 heavy (non-hydrogen) atoms. The molecule has 1 unspecified atom stereocenters. The van der Waals surface area contributed by atoms with Crippen molar-refractivity contribution in [3.8, 4) is 11.1 Å². The molecule has 0 aromatic heterocycles. The number of carbonyl (C=O) groups excluding carboxylic acids is 1. The van der Waals surface area contributed by atoms with Crippen molar-refractivity contribution in [1.29, 1.82) is 0 Å². The zero-order valence-electron chi connectivity index (χ0n) is 13.7. The lowest BCUT2D eigenvalue weighted by Crippen LogP contribution is -2.42. The molecule has 2 aromatic rings. The van der Waals surface area contributed by atoms with Crippen LogP contribution in [-0.2, 0) is 11.2 Å². The van der Waals surface area contributed by atoms with Gasteiger partial charge in [0, 0.05) is 12.5 Å². The summed E-state index contributed by atoms with van der Waals surface area (Å²) in [6, 6.07) is 19.1. The van der Waals surface area contributed by atoms with Crippen LogP contribution in [-0.4, -0.2) is 17.9 Å². The van der Waals surface area contributed by atoms with E-state index < -0.39 is 0 Å². The Morgan fingerprint density at radius 1 is 0.955 bits per heavy atom. The highest BCUT2D eigenvalue weighted by molar-refractivity contribution is 5.84. The van der Waals surface area contributed by atoms with Crippen LogP contribution in [0.4, 0.5) is 0 Å². The van der Waals surface area contributed by atoms with Gasteiger partial charge in [-0.3, -0.25) is 4.79 Å². The Morgan fingerprint density at radius 3 is 2.09 bits per heavy atom. The van der Waals surface area contributed by atoms with E-state index in [0.29, 0.717) is 12.5 Å². The first-order chi connectivity index (χ1) is 10.6. The molecule has 0 aliphatic rings. The third-order valence-electron chi connectivity index (χ3n) is 3.77. The lowest BCUT2D eigenvalue weighted by atomic mass is 9.98. The SMILES string of the molecule is CCC(=O)C(Cc1ccc(-c2ccccc2)cc1)NC(C)C. The molecule has 2 aromatic carbocycles. The van der Waals surface area contributed by atoms with Gasteiger partial charge in [-0.15, -0.1) is 0 Å². The predicted molar refractivity (Wildman–Crippen MR) is 92.9 cm³/mol. The maximum Gasteiger partial charge on any atom is 0.149 e. The summed E-state index contributed by atoms with van der Waals surface area (Å²) in [5.74, 6) is 0.279. The Morgan fingerprint density at radius 2 is 1.55 bits per heavy atom. The number of nitrogens with one attached hydrogen (secondary N) is 1. The Bertz CT molecular complexity index is 587. The first-order valence-electron chi connectivity index (χ1n) is 8.03. The summed E-state index contributed by atoms with van der Waals surface area (Å²) >= 11 is 0. The summed E-state index contributed by atoms with van der Waals surface area (Å²) in [4.78, 5) is 12.1. The smallest absolute Gasteiger partial charge is 0.149 e. The monoisotopic (exact) mass is 295 g/mol. The Balaban J connectivity index is 2.10. The molecule has 0 amide bonds. The minimum absolute atomic E-state index is 0.0902. The molecule has 0 saturated carbocycles. The van der Waals surface area contributed by atoms with Gasteiger partial charge in [-0.25, -0.2) is 0 Å². The van der Waals surface area contributed by atoms with Crippen LogP contribution in [0.25, 0.3) is 11.1 Å². The van der Waals surface area contributed by atoms with E-state index in [4.69, 9.17) is 0 Å². The third-order valence-corrected chi connectivity index (χ3v) is 3.77. The summed E-state index contributed by atoms with van der Waals surface area (Å²) in [7, 11) is 0. The molecule has 0 aliphatic carbocycles. The maximum atomic E-state index is 12.1. The summed E-state index contributed by atoms with van der Waals surface area (Å²) in [6.45, 7) is 6.08. The molecule has 2 heteroatoms. The molecule has 0 bridgehead atoms. The minimum Gasteiger partial charge on any atom is -0.305 e. The van der Waals surface area contributed by atoms with Crippen molar-refractivity contribution in [2.45, 2.75) is 45.7 Å². The van der Waals surface area contributed by atoms with Gasteiger partial charge in [0.05, 0.1) is 6.04 Å². The van der Waals surface area contributed by atoms with Crippen molar-refractivity contribution < 1.29 is 4.79 Å². The average Bonchev–Trinajstić information content (AvgIpc) is 2.54. The van der Waals surface area contributed by atoms with Gasteiger partial charge in [-0.2, -0.15) is 0 Å². The molecule has 2 rings (SSSR count). The molecule has 0 saturated heterocycles. The number of carbonyl (C=O) groups is 1. The fourth-order valence-electron chi connectivity index (χ4n) is 2.61. The largest absolute Gasteiger partial charge is 0.305 e. The minimum atomic E-state index is -0.0902. The predicted octanol–water partition coefficient (Wildman–Crippen LogP) is 4.24. The van der Waals surface area contributed by atoms with E-state index >= 15 is 0 Å². The normalized spacial score (nSPS) is 12.4. The number of benzene rings is 2. The molecule has 0 heterocycles. The zero-order valence-corrected chi connectivity index (χ0v) is 13.7. The number of hydrogen-bond donors (Lipinski definition) is 1. The van der Waals surface area contributed by atoms with Crippen molar-refractivity contribution in [1.82, 2.24) is 5.32 Å². The van der Waals surface area contributed by atoms with E-state index in [-0.39, 0.29) is 11.8 Å². The molecular formula is C20H25NO. The topological polar surface area (TPSA) is 29.1 Å². The van der Waals surface area contributed by atoms with Gasteiger partial charge in [0.2, 0.25) is 0 Å². The number of rotatable bonds is 7. The van der Waals surface area contributed by atoms with E-state index in [1.165, 1.54) is 16.7 Å².